The lowest BCUT2D eigenvalue weighted by atomic mass is 9.98. The predicted molar refractivity (Wildman–Crippen MR) is 69.2 cm³/mol. The zero-order valence-electron chi connectivity index (χ0n) is 11.2. The van der Waals surface area contributed by atoms with Crippen molar-refractivity contribution in [3.63, 3.8) is 0 Å². The van der Waals surface area contributed by atoms with Crippen LogP contribution in [0, 0.1) is 10.1 Å². The molecule has 19 heavy (non-hydrogen) atoms. The minimum absolute atomic E-state index is 0.00669. The Bertz CT molecular complexity index is 562. The van der Waals surface area contributed by atoms with Gasteiger partial charge in [0, 0.05) is 17.7 Å². The van der Waals surface area contributed by atoms with Crippen LogP contribution < -0.4 is 14.2 Å². The third-order valence-corrected chi connectivity index (χ3v) is 2.99. The molecule has 1 heterocycles. The van der Waals surface area contributed by atoms with E-state index < -0.39 is 10.5 Å². The maximum Gasteiger partial charge on any atom is 0.289 e. The summed E-state index contributed by atoms with van der Waals surface area (Å²) in [5, 5.41) is 11.1. The second kappa shape index (κ2) is 4.46. The Hall–Kier alpha value is -2.24. The molecule has 6 nitrogen and oxygen atoms in total. The Labute approximate surface area is 110 Å². The number of methoxy groups -OCH3 is 2. The van der Waals surface area contributed by atoms with Crippen molar-refractivity contribution in [2.24, 2.45) is 0 Å². The first kappa shape index (κ1) is 13.2. The van der Waals surface area contributed by atoms with Crippen molar-refractivity contribution in [3.05, 3.63) is 33.5 Å². The van der Waals surface area contributed by atoms with Crippen LogP contribution in [-0.4, -0.2) is 24.7 Å². The van der Waals surface area contributed by atoms with Gasteiger partial charge in [0.05, 0.1) is 19.1 Å². The lowest BCUT2D eigenvalue weighted by Gasteiger charge is -2.28. The second-order valence-corrected chi connectivity index (χ2v) is 4.64. The summed E-state index contributed by atoms with van der Waals surface area (Å²) >= 11 is 0. The SMILES string of the molecule is COc1cc2c(cc1OC)OC(C)(C)C([N+](=O)[O-])=C2. The molecule has 0 spiro atoms. The van der Waals surface area contributed by atoms with Crippen LogP contribution in [0.5, 0.6) is 17.2 Å². The van der Waals surface area contributed by atoms with Crippen LogP contribution in [-0.2, 0) is 0 Å². The van der Waals surface area contributed by atoms with Gasteiger partial charge in [-0.05, 0) is 19.9 Å². The van der Waals surface area contributed by atoms with Gasteiger partial charge in [0.25, 0.3) is 5.70 Å². The molecule has 102 valence electrons. The number of hydrogen-bond acceptors (Lipinski definition) is 5. The van der Waals surface area contributed by atoms with Crippen LogP contribution in [0.2, 0.25) is 0 Å². The molecule has 0 atom stereocenters. The molecule has 0 N–H and O–H groups in total. The summed E-state index contributed by atoms with van der Waals surface area (Å²) in [6.45, 7) is 3.31. The summed E-state index contributed by atoms with van der Waals surface area (Å²) in [6, 6.07) is 3.33. The number of nitrogens with zero attached hydrogens (tertiary/aromatic N) is 1. The number of hydrogen-bond donors (Lipinski definition) is 0. The Morgan fingerprint density at radius 3 is 2.32 bits per heavy atom. The zero-order valence-corrected chi connectivity index (χ0v) is 11.2. The molecule has 2 rings (SSSR count). The fourth-order valence-corrected chi connectivity index (χ4v) is 2.00. The predicted octanol–water partition coefficient (Wildman–Crippen LogP) is 2.49. The van der Waals surface area contributed by atoms with E-state index in [-0.39, 0.29) is 5.70 Å². The minimum atomic E-state index is -0.990. The van der Waals surface area contributed by atoms with E-state index in [1.54, 1.807) is 26.0 Å². The average molecular weight is 265 g/mol. The van der Waals surface area contributed by atoms with Crippen LogP contribution in [0.25, 0.3) is 6.08 Å². The second-order valence-electron chi connectivity index (χ2n) is 4.64. The quantitative estimate of drug-likeness (QED) is 0.620. The number of nitro groups is 1. The van der Waals surface area contributed by atoms with Crippen molar-refractivity contribution in [1.82, 2.24) is 0 Å². The first-order valence-electron chi connectivity index (χ1n) is 5.70. The Morgan fingerprint density at radius 1 is 1.21 bits per heavy atom. The summed E-state index contributed by atoms with van der Waals surface area (Å²) in [6.07, 6.45) is 1.50. The topological polar surface area (TPSA) is 70.8 Å². The van der Waals surface area contributed by atoms with E-state index in [1.165, 1.54) is 20.3 Å². The molecule has 0 aliphatic carbocycles. The van der Waals surface area contributed by atoms with E-state index in [0.29, 0.717) is 22.8 Å². The normalized spacial score (nSPS) is 15.9. The molecular formula is C13H15NO5. The fourth-order valence-electron chi connectivity index (χ4n) is 2.00. The van der Waals surface area contributed by atoms with Crippen LogP contribution in [0.1, 0.15) is 19.4 Å². The number of ether oxygens (including phenoxy) is 3. The van der Waals surface area contributed by atoms with Gasteiger partial charge in [0.1, 0.15) is 5.75 Å². The summed E-state index contributed by atoms with van der Waals surface area (Å²) in [5.74, 6) is 1.56. The number of benzene rings is 1. The smallest absolute Gasteiger partial charge is 0.289 e. The highest BCUT2D eigenvalue weighted by atomic mass is 16.6. The van der Waals surface area contributed by atoms with Crippen LogP contribution >= 0.6 is 0 Å². The Balaban J connectivity index is 2.60. The standard InChI is InChI=1S/C13H15NO5/c1-13(2)12(14(15)16)6-8-5-10(17-3)11(18-4)7-9(8)19-13/h5-7H,1-4H3. The van der Waals surface area contributed by atoms with E-state index in [1.807, 2.05) is 0 Å². The van der Waals surface area contributed by atoms with E-state index in [4.69, 9.17) is 14.2 Å². The van der Waals surface area contributed by atoms with Gasteiger partial charge >= 0.3 is 0 Å². The molecular weight excluding hydrogens is 250 g/mol. The van der Waals surface area contributed by atoms with Gasteiger partial charge in [-0.3, -0.25) is 10.1 Å². The average Bonchev–Trinajstić information content (AvgIpc) is 2.35. The van der Waals surface area contributed by atoms with Gasteiger partial charge in [-0.1, -0.05) is 0 Å². The molecule has 0 fully saturated rings. The highest BCUT2D eigenvalue weighted by Gasteiger charge is 2.39. The zero-order chi connectivity index (χ0) is 14.2. The highest BCUT2D eigenvalue weighted by molar-refractivity contribution is 5.67. The van der Waals surface area contributed by atoms with Crippen molar-refractivity contribution in [1.29, 1.82) is 0 Å². The van der Waals surface area contributed by atoms with E-state index in [9.17, 15) is 10.1 Å². The third-order valence-electron chi connectivity index (χ3n) is 2.99. The summed E-state index contributed by atoms with van der Waals surface area (Å²) in [7, 11) is 3.03. The Morgan fingerprint density at radius 2 is 1.79 bits per heavy atom. The molecule has 0 amide bonds. The molecule has 0 saturated heterocycles. The molecule has 0 aromatic heterocycles. The van der Waals surface area contributed by atoms with Gasteiger partial charge in [0.2, 0.25) is 0 Å². The van der Waals surface area contributed by atoms with Crippen molar-refractivity contribution in [2.75, 3.05) is 14.2 Å². The maximum absolute atomic E-state index is 11.1. The molecule has 0 unspecified atom stereocenters. The van der Waals surface area contributed by atoms with Crippen molar-refractivity contribution < 1.29 is 19.1 Å². The van der Waals surface area contributed by atoms with Crippen molar-refractivity contribution >= 4 is 6.08 Å². The van der Waals surface area contributed by atoms with Gasteiger partial charge in [-0.2, -0.15) is 0 Å². The van der Waals surface area contributed by atoms with Gasteiger partial charge in [0.15, 0.2) is 17.1 Å². The maximum atomic E-state index is 11.1. The lowest BCUT2D eigenvalue weighted by molar-refractivity contribution is -0.439. The molecule has 1 aliphatic rings. The molecule has 0 bridgehead atoms. The summed E-state index contributed by atoms with van der Waals surface area (Å²) in [5.41, 5.74) is -0.383. The number of rotatable bonds is 3. The van der Waals surface area contributed by atoms with Gasteiger partial charge < -0.3 is 14.2 Å². The molecule has 6 heteroatoms. The van der Waals surface area contributed by atoms with Gasteiger partial charge in [-0.15, -0.1) is 0 Å². The molecule has 1 aromatic carbocycles. The van der Waals surface area contributed by atoms with Crippen molar-refractivity contribution in [2.45, 2.75) is 19.4 Å². The lowest BCUT2D eigenvalue weighted by Crippen LogP contribution is -2.36. The number of fused-ring (bicyclic) bond motifs is 1. The molecule has 1 aliphatic heterocycles. The Kier molecular flexibility index (Phi) is 3.09. The van der Waals surface area contributed by atoms with E-state index in [2.05, 4.69) is 0 Å². The summed E-state index contributed by atoms with van der Waals surface area (Å²) < 4.78 is 16.0. The van der Waals surface area contributed by atoms with Gasteiger partial charge in [-0.25, -0.2) is 0 Å². The van der Waals surface area contributed by atoms with Crippen LogP contribution in [0.4, 0.5) is 0 Å². The fraction of sp³-hybridized carbons (Fsp3) is 0.385. The van der Waals surface area contributed by atoms with Crippen molar-refractivity contribution in [3.8, 4) is 17.2 Å². The van der Waals surface area contributed by atoms with Crippen LogP contribution in [0.3, 0.4) is 0 Å². The summed E-state index contributed by atoms with van der Waals surface area (Å²) in [4.78, 5) is 10.6. The molecule has 0 radical (unpaired) electrons. The van der Waals surface area contributed by atoms with Crippen LogP contribution in [0.15, 0.2) is 17.8 Å². The van der Waals surface area contributed by atoms with E-state index in [0.717, 1.165) is 0 Å². The highest BCUT2D eigenvalue weighted by Crippen LogP contribution is 2.41. The monoisotopic (exact) mass is 265 g/mol. The minimum Gasteiger partial charge on any atom is -0.493 e. The third kappa shape index (κ3) is 2.21. The first-order valence-corrected chi connectivity index (χ1v) is 5.70. The largest absolute Gasteiger partial charge is 0.493 e. The first-order chi connectivity index (χ1) is 8.89. The molecule has 0 saturated carbocycles. The molecule has 1 aromatic rings. The van der Waals surface area contributed by atoms with E-state index >= 15 is 0 Å².